The minimum absolute atomic E-state index is 0.140. The van der Waals surface area contributed by atoms with E-state index in [1.807, 2.05) is 6.92 Å². The topological polar surface area (TPSA) is 76.1 Å². The van der Waals surface area contributed by atoms with Crippen LogP contribution in [0.2, 0.25) is 5.02 Å². The minimum Gasteiger partial charge on any atom is -0.495 e. The Labute approximate surface area is 133 Å². The number of ether oxygens (including phenoxy) is 1. The first kappa shape index (κ1) is 16.0. The molecule has 0 unspecified atom stereocenters. The first-order valence-corrected chi connectivity index (χ1v) is 7.13. The lowest BCUT2D eigenvalue weighted by atomic mass is 10.2. The molecule has 116 valence electrons. The summed E-state index contributed by atoms with van der Waals surface area (Å²) in [6.07, 6.45) is 1.96. The number of aryl methyl sites for hydroxylation is 1. The van der Waals surface area contributed by atoms with Crippen LogP contribution in [0.3, 0.4) is 0 Å². The van der Waals surface area contributed by atoms with Gasteiger partial charge in [0.25, 0.3) is 0 Å². The lowest BCUT2D eigenvalue weighted by molar-refractivity contribution is -0.115. The van der Waals surface area contributed by atoms with Crippen LogP contribution in [-0.4, -0.2) is 29.5 Å². The fraction of sp³-hybridized carbons (Fsp3) is 0.267. The van der Waals surface area contributed by atoms with Crippen LogP contribution in [0.5, 0.6) is 5.75 Å². The summed E-state index contributed by atoms with van der Waals surface area (Å²) in [6.45, 7) is 2.27. The molecule has 0 saturated heterocycles. The SMILES string of the molecule is COc1ccc(Cl)cc1NC(=O)CCNc1ccnc(C)n1. The Bertz CT molecular complexity index is 664. The Morgan fingerprint density at radius 3 is 2.91 bits per heavy atom. The first-order valence-electron chi connectivity index (χ1n) is 6.75. The van der Waals surface area contributed by atoms with E-state index in [1.165, 1.54) is 7.11 Å². The average Bonchev–Trinajstić information content (AvgIpc) is 2.47. The summed E-state index contributed by atoms with van der Waals surface area (Å²) in [5.41, 5.74) is 0.554. The maximum Gasteiger partial charge on any atom is 0.226 e. The number of carbonyl (C=O) groups is 1. The molecule has 0 radical (unpaired) electrons. The van der Waals surface area contributed by atoms with Gasteiger partial charge in [-0.2, -0.15) is 0 Å². The molecule has 0 bridgehead atoms. The molecule has 0 spiro atoms. The number of nitrogens with zero attached hydrogens (tertiary/aromatic N) is 2. The summed E-state index contributed by atoms with van der Waals surface area (Å²) in [6, 6.07) is 6.82. The zero-order valence-corrected chi connectivity index (χ0v) is 13.1. The van der Waals surface area contributed by atoms with Crippen molar-refractivity contribution in [3.8, 4) is 5.75 Å². The monoisotopic (exact) mass is 320 g/mol. The van der Waals surface area contributed by atoms with Crippen molar-refractivity contribution in [3.05, 3.63) is 41.3 Å². The summed E-state index contributed by atoms with van der Waals surface area (Å²) < 4.78 is 5.18. The highest BCUT2D eigenvalue weighted by atomic mass is 35.5. The predicted molar refractivity (Wildman–Crippen MR) is 86.5 cm³/mol. The third-order valence-electron chi connectivity index (χ3n) is 2.87. The normalized spacial score (nSPS) is 10.1. The number of benzene rings is 1. The van der Waals surface area contributed by atoms with E-state index in [-0.39, 0.29) is 5.91 Å². The first-order chi connectivity index (χ1) is 10.6. The van der Waals surface area contributed by atoms with Gasteiger partial charge in [0.15, 0.2) is 0 Å². The van der Waals surface area contributed by atoms with E-state index in [1.54, 1.807) is 30.5 Å². The van der Waals surface area contributed by atoms with Crippen LogP contribution in [0.1, 0.15) is 12.2 Å². The van der Waals surface area contributed by atoms with Gasteiger partial charge in [0.2, 0.25) is 5.91 Å². The molecule has 1 aromatic carbocycles. The van der Waals surface area contributed by atoms with Crippen molar-refractivity contribution in [2.45, 2.75) is 13.3 Å². The zero-order valence-electron chi connectivity index (χ0n) is 12.4. The molecule has 0 aliphatic heterocycles. The lowest BCUT2D eigenvalue weighted by Gasteiger charge is -2.11. The Morgan fingerprint density at radius 2 is 2.18 bits per heavy atom. The largest absolute Gasteiger partial charge is 0.495 e. The standard InChI is InChI=1S/C15H17ClN4O2/c1-10-17-7-5-14(19-10)18-8-6-15(21)20-12-9-11(16)3-4-13(12)22-2/h3-5,7,9H,6,8H2,1-2H3,(H,20,21)(H,17,18,19). The van der Waals surface area contributed by atoms with Gasteiger partial charge < -0.3 is 15.4 Å². The number of nitrogens with one attached hydrogen (secondary N) is 2. The van der Waals surface area contributed by atoms with Crippen molar-refractivity contribution < 1.29 is 9.53 Å². The number of anilines is 2. The highest BCUT2D eigenvalue weighted by molar-refractivity contribution is 6.31. The summed E-state index contributed by atoms with van der Waals surface area (Å²) in [5.74, 6) is 1.80. The molecule has 7 heteroatoms. The minimum atomic E-state index is -0.140. The maximum atomic E-state index is 12.0. The van der Waals surface area contributed by atoms with E-state index < -0.39 is 0 Å². The van der Waals surface area contributed by atoms with Crippen LogP contribution in [0.4, 0.5) is 11.5 Å². The van der Waals surface area contributed by atoms with Crippen molar-refractivity contribution in [1.29, 1.82) is 0 Å². The molecule has 0 saturated carbocycles. The second-order valence-corrected chi connectivity index (χ2v) is 5.00. The highest BCUT2D eigenvalue weighted by Gasteiger charge is 2.08. The van der Waals surface area contributed by atoms with Crippen LogP contribution in [0.15, 0.2) is 30.5 Å². The summed E-state index contributed by atoms with van der Waals surface area (Å²) in [7, 11) is 1.54. The molecular formula is C15H17ClN4O2. The molecule has 2 rings (SSSR count). The fourth-order valence-electron chi connectivity index (χ4n) is 1.85. The van der Waals surface area contributed by atoms with Gasteiger partial charge in [-0.3, -0.25) is 4.79 Å². The summed E-state index contributed by atoms with van der Waals surface area (Å²) in [5, 5.41) is 6.38. The van der Waals surface area contributed by atoms with Crippen molar-refractivity contribution in [1.82, 2.24) is 9.97 Å². The number of halogens is 1. The van der Waals surface area contributed by atoms with Crippen molar-refractivity contribution in [2.24, 2.45) is 0 Å². The summed E-state index contributed by atoms with van der Waals surface area (Å²) in [4.78, 5) is 20.2. The van der Waals surface area contributed by atoms with Gasteiger partial charge in [0.1, 0.15) is 17.4 Å². The molecule has 2 N–H and O–H groups in total. The van der Waals surface area contributed by atoms with Crippen LogP contribution >= 0.6 is 11.6 Å². The van der Waals surface area contributed by atoms with Gasteiger partial charge in [0, 0.05) is 24.2 Å². The van der Waals surface area contributed by atoms with Gasteiger partial charge in [-0.15, -0.1) is 0 Å². The second-order valence-electron chi connectivity index (χ2n) is 4.56. The zero-order chi connectivity index (χ0) is 15.9. The van der Waals surface area contributed by atoms with Crippen LogP contribution in [0, 0.1) is 6.92 Å². The third kappa shape index (κ3) is 4.60. The molecule has 2 aromatic rings. The average molecular weight is 321 g/mol. The molecule has 1 aromatic heterocycles. The number of hydrogen-bond donors (Lipinski definition) is 2. The Kier molecular flexibility index (Phi) is 5.55. The van der Waals surface area contributed by atoms with E-state index >= 15 is 0 Å². The van der Waals surface area contributed by atoms with Gasteiger partial charge in [-0.1, -0.05) is 11.6 Å². The van der Waals surface area contributed by atoms with Crippen molar-refractivity contribution in [3.63, 3.8) is 0 Å². The van der Waals surface area contributed by atoms with Crippen LogP contribution < -0.4 is 15.4 Å². The number of aromatic nitrogens is 2. The number of hydrogen-bond acceptors (Lipinski definition) is 5. The Morgan fingerprint density at radius 1 is 1.36 bits per heavy atom. The molecule has 1 amide bonds. The van der Waals surface area contributed by atoms with E-state index in [0.717, 1.165) is 0 Å². The molecule has 0 fully saturated rings. The highest BCUT2D eigenvalue weighted by Crippen LogP contribution is 2.27. The van der Waals surface area contributed by atoms with Gasteiger partial charge in [-0.25, -0.2) is 9.97 Å². The quantitative estimate of drug-likeness (QED) is 0.856. The van der Waals surface area contributed by atoms with Crippen LogP contribution in [-0.2, 0) is 4.79 Å². The third-order valence-corrected chi connectivity index (χ3v) is 3.10. The van der Waals surface area contributed by atoms with E-state index in [9.17, 15) is 4.79 Å². The second kappa shape index (κ2) is 7.61. The number of amides is 1. The van der Waals surface area contributed by atoms with Crippen LogP contribution in [0.25, 0.3) is 0 Å². The van der Waals surface area contributed by atoms with Gasteiger partial charge in [0.05, 0.1) is 12.8 Å². The van der Waals surface area contributed by atoms with Crippen molar-refractivity contribution >= 4 is 29.0 Å². The fourth-order valence-corrected chi connectivity index (χ4v) is 2.02. The number of methoxy groups -OCH3 is 1. The predicted octanol–water partition coefficient (Wildman–Crippen LogP) is 2.89. The molecule has 0 aliphatic carbocycles. The Hall–Kier alpha value is -2.34. The molecule has 0 aliphatic rings. The molecule has 6 nitrogen and oxygen atoms in total. The number of rotatable bonds is 6. The molecule has 1 heterocycles. The van der Waals surface area contributed by atoms with E-state index in [0.29, 0.717) is 41.1 Å². The molecule has 0 atom stereocenters. The lowest BCUT2D eigenvalue weighted by Crippen LogP contribution is -2.17. The Balaban J connectivity index is 1.87. The van der Waals surface area contributed by atoms with Gasteiger partial charge in [-0.05, 0) is 31.2 Å². The van der Waals surface area contributed by atoms with E-state index in [2.05, 4.69) is 20.6 Å². The smallest absolute Gasteiger partial charge is 0.226 e. The molecule has 22 heavy (non-hydrogen) atoms. The van der Waals surface area contributed by atoms with E-state index in [4.69, 9.17) is 16.3 Å². The van der Waals surface area contributed by atoms with Gasteiger partial charge >= 0.3 is 0 Å². The summed E-state index contributed by atoms with van der Waals surface area (Å²) >= 11 is 5.92. The molecular weight excluding hydrogens is 304 g/mol. The maximum absolute atomic E-state index is 12.0. The number of carbonyl (C=O) groups excluding carboxylic acids is 1. The van der Waals surface area contributed by atoms with Crippen molar-refractivity contribution in [2.75, 3.05) is 24.3 Å².